The van der Waals surface area contributed by atoms with Gasteiger partial charge in [0.1, 0.15) is 0 Å². The summed E-state index contributed by atoms with van der Waals surface area (Å²) in [5, 5.41) is 1.88. The monoisotopic (exact) mass is 444 g/mol. The molecule has 166 valence electrons. The van der Waals surface area contributed by atoms with E-state index in [1.54, 1.807) is 17.0 Å². The van der Waals surface area contributed by atoms with Gasteiger partial charge in [0.2, 0.25) is 21.8 Å². The second-order valence-electron chi connectivity index (χ2n) is 8.25. The fourth-order valence-electron chi connectivity index (χ4n) is 4.32. The highest BCUT2D eigenvalue weighted by Crippen LogP contribution is 2.23. The van der Waals surface area contributed by atoms with Crippen LogP contribution in [0.15, 0.2) is 47.4 Å². The van der Waals surface area contributed by atoms with E-state index in [4.69, 9.17) is 5.73 Å². The molecule has 2 fully saturated rings. The molecule has 2 aromatic carbocycles. The van der Waals surface area contributed by atoms with Gasteiger partial charge >= 0.3 is 0 Å². The molecule has 8 nitrogen and oxygen atoms in total. The molecule has 0 radical (unpaired) electrons. The van der Waals surface area contributed by atoms with E-state index in [0.29, 0.717) is 45.6 Å². The smallest absolute Gasteiger partial charge is 0.243 e. The summed E-state index contributed by atoms with van der Waals surface area (Å²) in [6.07, 6.45) is 1.36. The van der Waals surface area contributed by atoms with Crippen molar-refractivity contribution >= 4 is 32.6 Å². The molecule has 0 spiro atoms. The summed E-state index contributed by atoms with van der Waals surface area (Å²) in [6.45, 7) is 2.97. The molecule has 2 N–H and O–H groups in total. The van der Waals surface area contributed by atoms with Crippen LogP contribution in [0.25, 0.3) is 10.8 Å². The lowest BCUT2D eigenvalue weighted by Crippen LogP contribution is -2.53. The van der Waals surface area contributed by atoms with Crippen LogP contribution in [0.1, 0.15) is 12.8 Å². The minimum absolute atomic E-state index is 0.000258. The van der Waals surface area contributed by atoms with Crippen molar-refractivity contribution in [3.05, 3.63) is 42.5 Å². The number of hydrogen-bond donors (Lipinski definition) is 1. The molecule has 0 aromatic heterocycles. The van der Waals surface area contributed by atoms with Gasteiger partial charge in [-0.05, 0) is 48.8 Å². The predicted molar refractivity (Wildman–Crippen MR) is 118 cm³/mol. The highest BCUT2D eigenvalue weighted by molar-refractivity contribution is 7.89. The second kappa shape index (κ2) is 8.94. The first-order chi connectivity index (χ1) is 14.8. The summed E-state index contributed by atoms with van der Waals surface area (Å²) in [7, 11) is -3.60. The predicted octanol–water partition coefficient (Wildman–Crippen LogP) is 0.870. The molecule has 0 unspecified atom stereocenters. The first-order valence-corrected chi connectivity index (χ1v) is 12.1. The van der Waals surface area contributed by atoms with Gasteiger partial charge in [-0.3, -0.25) is 14.5 Å². The molecular formula is C22H28N4O4S. The highest BCUT2D eigenvalue weighted by atomic mass is 32.2. The van der Waals surface area contributed by atoms with Gasteiger partial charge in [-0.2, -0.15) is 4.31 Å². The number of carbonyl (C=O) groups excluding carboxylic acids is 2. The number of carbonyl (C=O) groups is 2. The summed E-state index contributed by atoms with van der Waals surface area (Å²) in [4.78, 5) is 28.0. The molecule has 0 atom stereocenters. The third-order valence-corrected chi connectivity index (χ3v) is 8.19. The van der Waals surface area contributed by atoms with Gasteiger partial charge in [-0.15, -0.1) is 0 Å². The summed E-state index contributed by atoms with van der Waals surface area (Å²) in [5.74, 6) is -0.370. The maximum atomic E-state index is 13.1. The molecule has 2 amide bonds. The molecule has 2 heterocycles. The van der Waals surface area contributed by atoms with E-state index in [1.165, 1.54) is 4.31 Å². The number of primary amides is 1. The Morgan fingerprint density at radius 3 is 2.19 bits per heavy atom. The molecular weight excluding hydrogens is 416 g/mol. The average Bonchev–Trinajstić information content (AvgIpc) is 2.79. The Labute approximate surface area is 182 Å². The van der Waals surface area contributed by atoms with Crippen molar-refractivity contribution in [1.29, 1.82) is 0 Å². The zero-order valence-electron chi connectivity index (χ0n) is 17.4. The maximum absolute atomic E-state index is 13.1. The van der Waals surface area contributed by atoms with E-state index in [0.717, 1.165) is 10.8 Å². The van der Waals surface area contributed by atoms with E-state index >= 15 is 0 Å². The summed E-state index contributed by atoms with van der Waals surface area (Å²) >= 11 is 0. The number of benzene rings is 2. The number of piperidine rings is 1. The number of hydrogen-bond acceptors (Lipinski definition) is 5. The van der Waals surface area contributed by atoms with Crippen LogP contribution >= 0.6 is 0 Å². The van der Waals surface area contributed by atoms with E-state index < -0.39 is 10.0 Å². The van der Waals surface area contributed by atoms with Gasteiger partial charge in [0.15, 0.2) is 0 Å². The van der Waals surface area contributed by atoms with Gasteiger partial charge in [0.25, 0.3) is 0 Å². The van der Waals surface area contributed by atoms with Crippen LogP contribution in [0.5, 0.6) is 0 Å². The van der Waals surface area contributed by atoms with Gasteiger partial charge in [0, 0.05) is 32.1 Å². The minimum Gasteiger partial charge on any atom is -0.369 e. The number of nitrogens with zero attached hydrogens (tertiary/aromatic N) is 3. The molecule has 4 rings (SSSR count). The van der Waals surface area contributed by atoms with Gasteiger partial charge in [-0.1, -0.05) is 30.3 Å². The largest absolute Gasteiger partial charge is 0.369 e. The van der Waals surface area contributed by atoms with Crippen LogP contribution in [0, 0.1) is 5.92 Å². The van der Waals surface area contributed by atoms with Crippen molar-refractivity contribution in [2.24, 2.45) is 11.7 Å². The first kappa shape index (κ1) is 21.7. The topological polar surface area (TPSA) is 104 Å². The van der Waals surface area contributed by atoms with Gasteiger partial charge in [0.05, 0.1) is 11.4 Å². The lowest BCUT2D eigenvalue weighted by molar-refractivity contribution is -0.134. The van der Waals surface area contributed by atoms with Crippen LogP contribution in [0.2, 0.25) is 0 Å². The Balaban J connectivity index is 1.33. The third-order valence-electron chi connectivity index (χ3n) is 6.30. The van der Waals surface area contributed by atoms with Crippen LogP contribution in [0.4, 0.5) is 0 Å². The summed E-state index contributed by atoms with van der Waals surface area (Å²) in [6, 6.07) is 12.8. The van der Waals surface area contributed by atoms with Crippen molar-refractivity contribution in [2.45, 2.75) is 17.7 Å². The van der Waals surface area contributed by atoms with Crippen molar-refractivity contribution in [3.8, 4) is 0 Å². The van der Waals surface area contributed by atoms with Crippen molar-refractivity contribution in [3.63, 3.8) is 0 Å². The highest BCUT2D eigenvalue weighted by Gasteiger charge is 2.31. The summed E-state index contributed by atoms with van der Waals surface area (Å²) < 4.78 is 27.6. The molecule has 0 saturated carbocycles. The number of likely N-dealkylation sites (tertiary alicyclic amines) is 1. The second-order valence-corrected chi connectivity index (χ2v) is 10.2. The number of amides is 2. The Morgan fingerprint density at radius 1 is 0.903 bits per heavy atom. The Kier molecular flexibility index (Phi) is 6.27. The zero-order chi connectivity index (χ0) is 22.0. The maximum Gasteiger partial charge on any atom is 0.243 e. The Morgan fingerprint density at radius 2 is 1.55 bits per heavy atom. The SMILES string of the molecule is NC(=O)C1CCN(CC(=O)N2CCN(S(=O)(=O)c3ccc4ccccc4c3)CC2)CC1. The fraction of sp³-hybridized carbons (Fsp3) is 0.455. The Hall–Kier alpha value is -2.49. The fourth-order valence-corrected chi connectivity index (χ4v) is 5.78. The van der Waals surface area contributed by atoms with Gasteiger partial charge in [-0.25, -0.2) is 8.42 Å². The van der Waals surface area contributed by atoms with Crippen molar-refractivity contribution in [1.82, 2.24) is 14.1 Å². The third kappa shape index (κ3) is 4.73. The zero-order valence-corrected chi connectivity index (χ0v) is 18.3. The van der Waals surface area contributed by atoms with E-state index in [1.807, 2.05) is 35.2 Å². The van der Waals surface area contributed by atoms with Crippen molar-refractivity contribution < 1.29 is 18.0 Å². The molecule has 2 aliphatic heterocycles. The Bertz CT molecular complexity index is 1070. The minimum atomic E-state index is -3.60. The number of sulfonamides is 1. The lowest BCUT2D eigenvalue weighted by atomic mass is 9.96. The number of nitrogens with two attached hydrogens (primary N) is 1. The number of piperazine rings is 1. The van der Waals surface area contributed by atoms with E-state index in [2.05, 4.69) is 0 Å². The molecule has 0 bridgehead atoms. The average molecular weight is 445 g/mol. The first-order valence-electron chi connectivity index (χ1n) is 10.6. The molecule has 2 aliphatic rings. The normalized spacial score (nSPS) is 19.5. The van der Waals surface area contributed by atoms with Crippen LogP contribution in [-0.2, 0) is 19.6 Å². The number of fused-ring (bicyclic) bond motifs is 1. The summed E-state index contributed by atoms with van der Waals surface area (Å²) in [5.41, 5.74) is 5.36. The molecule has 0 aliphatic carbocycles. The van der Waals surface area contributed by atoms with E-state index in [9.17, 15) is 18.0 Å². The van der Waals surface area contributed by atoms with Crippen LogP contribution in [-0.4, -0.2) is 80.2 Å². The molecule has 2 saturated heterocycles. The molecule has 31 heavy (non-hydrogen) atoms. The van der Waals surface area contributed by atoms with Crippen molar-refractivity contribution in [2.75, 3.05) is 45.8 Å². The van der Waals surface area contributed by atoms with Gasteiger partial charge < -0.3 is 10.6 Å². The molecule has 9 heteroatoms. The standard InChI is InChI=1S/C22H28N4O4S/c23-22(28)18-7-9-24(10-8-18)16-21(27)25-11-13-26(14-12-25)31(29,30)20-6-5-17-3-1-2-4-19(17)15-20/h1-6,15,18H,7-14,16H2,(H2,23,28). The van der Waals surface area contributed by atoms with Crippen LogP contribution in [0.3, 0.4) is 0 Å². The van der Waals surface area contributed by atoms with Crippen LogP contribution < -0.4 is 5.73 Å². The quantitative estimate of drug-likeness (QED) is 0.737. The lowest BCUT2D eigenvalue weighted by Gasteiger charge is -2.36. The van der Waals surface area contributed by atoms with E-state index in [-0.39, 0.29) is 35.7 Å². The molecule has 2 aromatic rings. The number of rotatable bonds is 5.